The van der Waals surface area contributed by atoms with Crippen molar-refractivity contribution in [3.63, 3.8) is 0 Å². The first kappa shape index (κ1) is 19.8. The smallest absolute Gasteiger partial charge is 0.276 e. The van der Waals surface area contributed by atoms with Gasteiger partial charge >= 0.3 is 0 Å². The number of carbonyl (C=O) groups is 1. The molecule has 4 rings (SSSR count). The zero-order valence-electron chi connectivity index (χ0n) is 15.5. The molecule has 4 aromatic rings. The van der Waals surface area contributed by atoms with E-state index in [9.17, 15) is 18.4 Å². The molecule has 2 heterocycles. The molecule has 0 aliphatic heterocycles. The Balaban J connectivity index is 1.51. The van der Waals surface area contributed by atoms with Gasteiger partial charge in [-0.3, -0.25) is 9.59 Å². The number of nitrogens with zero attached hydrogens (tertiary/aromatic N) is 3. The van der Waals surface area contributed by atoms with Gasteiger partial charge in [0.05, 0.1) is 16.3 Å². The van der Waals surface area contributed by atoms with Gasteiger partial charge in [0.2, 0.25) is 0 Å². The number of aromatic nitrogens is 3. The van der Waals surface area contributed by atoms with Crippen molar-refractivity contribution < 1.29 is 13.6 Å². The highest BCUT2D eigenvalue weighted by Gasteiger charge is 2.15. The first-order chi connectivity index (χ1) is 14.4. The molecule has 2 aromatic carbocycles. The Morgan fingerprint density at radius 3 is 2.60 bits per heavy atom. The molecule has 0 saturated heterocycles. The van der Waals surface area contributed by atoms with Crippen molar-refractivity contribution in [1.82, 2.24) is 19.5 Å². The SMILES string of the molecule is O=C(NCCn1ccn2nc(-c3ccc(F)cc3)cc2c1=O)c1c(F)cccc1Cl. The van der Waals surface area contributed by atoms with E-state index in [4.69, 9.17) is 11.6 Å². The molecule has 0 saturated carbocycles. The lowest BCUT2D eigenvalue weighted by Gasteiger charge is -2.09. The van der Waals surface area contributed by atoms with Gasteiger partial charge in [-0.2, -0.15) is 5.10 Å². The molecule has 0 aliphatic rings. The maximum absolute atomic E-state index is 13.8. The van der Waals surface area contributed by atoms with Crippen LogP contribution in [0.2, 0.25) is 5.02 Å². The topological polar surface area (TPSA) is 68.4 Å². The molecule has 1 amide bonds. The van der Waals surface area contributed by atoms with Crippen molar-refractivity contribution in [2.75, 3.05) is 6.54 Å². The zero-order valence-corrected chi connectivity index (χ0v) is 16.2. The van der Waals surface area contributed by atoms with Gasteiger partial charge in [0, 0.05) is 31.0 Å². The van der Waals surface area contributed by atoms with Crippen molar-refractivity contribution in [3.05, 3.63) is 93.5 Å². The predicted molar refractivity (Wildman–Crippen MR) is 109 cm³/mol. The van der Waals surface area contributed by atoms with Crippen LogP contribution in [0.5, 0.6) is 0 Å². The molecule has 2 aromatic heterocycles. The first-order valence-corrected chi connectivity index (χ1v) is 9.39. The van der Waals surface area contributed by atoms with E-state index in [1.807, 2.05) is 0 Å². The van der Waals surface area contributed by atoms with Gasteiger partial charge in [-0.15, -0.1) is 0 Å². The molecule has 152 valence electrons. The number of fused-ring (bicyclic) bond motifs is 1. The summed E-state index contributed by atoms with van der Waals surface area (Å²) in [7, 11) is 0. The highest BCUT2D eigenvalue weighted by molar-refractivity contribution is 6.33. The maximum Gasteiger partial charge on any atom is 0.276 e. The van der Waals surface area contributed by atoms with Crippen LogP contribution in [-0.2, 0) is 6.54 Å². The monoisotopic (exact) mass is 428 g/mol. The molecule has 0 aliphatic carbocycles. The Labute approximate surface area is 174 Å². The van der Waals surface area contributed by atoms with E-state index in [1.165, 1.54) is 33.3 Å². The molecule has 0 radical (unpaired) electrons. The fraction of sp³-hybridized carbons (Fsp3) is 0.0952. The molecule has 6 nitrogen and oxygen atoms in total. The summed E-state index contributed by atoms with van der Waals surface area (Å²) in [6.45, 7) is 0.267. The summed E-state index contributed by atoms with van der Waals surface area (Å²) in [6.07, 6.45) is 3.15. The number of benzene rings is 2. The second-order valence-corrected chi connectivity index (χ2v) is 6.92. The first-order valence-electron chi connectivity index (χ1n) is 9.01. The lowest BCUT2D eigenvalue weighted by molar-refractivity contribution is 0.0948. The average molecular weight is 429 g/mol. The molecule has 0 bridgehead atoms. The van der Waals surface area contributed by atoms with Gasteiger partial charge in [-0.25, -0.2) is 13.3 Å². The standard InChI is InChI=1S/C21H15ClF2N4O2/c22-15-2-1-3-16(24)19(15)20(29)25-8-9-27-10-11-28-18(21(27)30)12-17(26-28)13-4-6-14(23)7-5-13/h1-7,10-12H,8-9H2,(H,25,29). The molecule has 0 spiro atoms. The minimum Gasteiger partial charge on any atom is -0.350 e. The highest BCUT2D eigenvalue weighted by Crippen LogP contribution is 2.19. The second kappa shape index (κ2) is 8.08. The summed E-state index contributed by atoms with van der Waals surface area (Å²) >= 11 is 5.89. The lowest BCUT2D eigenvalue weighted by Crippen LogP contribution is -2.31. The number of nitrogens with one attached hydrogen (secondary N) is 1. The Morgan fingerprint density at radius 1 is 1.10 bits per heavy atom. The summed E-state index contributed by atoms with van der Waals surface area (Å²) < 4.78 is 29.8. The Hall–Kier alpha value is -3.52. The minimum absolute atomic E-state index is 0.0127. The van der Waals surface area contributed by atoms with Crippen molar-refractivity contribution in [2.24, 2.45) is 0 Å². The van der Waals surface area contributed by atoms with Crippen molar-refractivity contribution in [3.8, 4) is 11.3 Å². The van der Waals surface area contributed by atoms with Crippen LogP contribution < -0.4 is 10.9 Å². The van der Waals surface area contributed by atoms with E-state index >= 15 is 0 Å². The zero-order chi connectivity index (χ0) is 21.3. The fourth-order valence-corrected chi connectivity index (χ4v) is 3.31. The lowest BCUT2D eigenvalue weighted by atomic mass is 10.1. The van der Waals surface area contributed by atoms with Crippen LogP contribution in [0.3, 0.4) is 0 Å². The number of carbonyl (C=O) groups excluding carboxylic acids is 1. The minimum atomic E-state index is -0.717. The van der Waals surface area contributed by atoms with Crippen LogP contribution in [-0.4, -0.2) is 26.6 Å². The van der Waals surface area contributed by atoms with Crippen molar-refractivity contribution in [2.45, 2.75) is 6.54 Å². The number of rotatable bonds is 5. The Bertz CT molecular complexity index is 1280. The Morgan fingerprint density at radius 2 is 1.87 bits per heavy atom. The maximum atomic E-state index is 13.8. The molecule has 0 fully saturated rings. The number of hydrogen-bond donors (Lipinski definition) is 1. The predicted octanol–water partition coefficient (Wildman–Crippen LogP) is 3.52. The third-order valence-electron chi connectivity index (χ3n) is 4.57. The van der Waals surface area contributed by atoms with Crippen LogP contribution in [0.1, 0.15) is 10.4 Å². The van der Waals surface area contributed by atoms with E-state index in [0.29, 0.717) is 16.8 Å². The normalized spacial score (nSPS) is 11.0. The van der Waals surface area contributed by atoms with Crippen LogP contribution in [0, 0.1) is 11.6 Å². The largest absolute Gasteiger partial charge is 0.350 e. The molecule has 1 N–H and O–H groups in total. The molecule has 30 heavy (non-hydrogen) atoms. The van der Waals surface area contributed by atoms with E-state index in [1.54, 1.807) is 30.6 Å². The molecular formula is C21H15ClF2N4O2. The molecule has 0 unspecified atom stereocenters. The summed E-state index contributed by atoms with van der Waals surface area (Å²) in [5.74, 6) is -1.73. The van der Waals surface area contributed by atoms with E-state index in [0.717, 1.165) is 6.07 Å². The average Bonchev–Trinajstić information content (AvgIpc) is 3.15. The third kappa shape index (κ3) is 3.81. The Kier molecular flexibility index (Phi) is 5.33. The van der Waals surface area contributed by atoms with Gasteiger partial charge in [0.25, 0.3) is 11.5 Å². The quantitative estimate of drug-likeness (QED) is 0.529. The van der Waals surface area contributed by atoms with Crippen LogP contribution in [0.15, 0.2) is 65.7 Å². The van der Waals surface area contributed by atoms with Gasteiger partial charge in [0.1, 0.15) is 17.2 Å². The van der Waals surface area contributed by atoms with Gasteiger partial charge < -0.3 is 9.88 Å². The molecule has 0 atom stereocenters. The fourth-order valence-electron chi connectivity index (χ4n) is 3.06. The summed E-state index contributed by atoms with van der Waals surface area (Å²) in [5.41, 5.74) is 1.01. The highest BCUT2D eigenvalue weighted by atomic mass is 35.5. The van der Waals surface area contributed by atoms with Crippen LogP contribution in [0.4, 0.5) is 8.78 Å². The van der Waals surface area contributed by atoms with Gasteiger partial charge in [-0.1, -0.05) is 17.7 Å². The van der Waals surface area contributed by atoms with Crippen LogP contribution >= 0.6 is 11.6 Å². The van der Waals surface area contributed by atoms with Crippen molar-refractivity contribution in [1.29, 1.82) is 0 Å². The number of halogens is 3. The summed E-state index contributed by atoms with van der Waals surface area (Å²) in [5, 5.41) is 6.91. The molecular weight excluding hydrogens is 414 g/mol. The van der Waals surface area contributed by atoms with Crippen LogP contribution in [0.25, 0.3) is 16.8 Å². The second-order valence-electron chi connectivity index (χ2n) is 6.52. The van der Waals surface area contributed by atoms with Gasteiger partial charge in [0.15, 0.2) is 0 Å². The van der Waals surface area contributed by atoms with E-state index in [2.05, 4.69) is 10.4 Å². The number of hydrogen-bond acceptors (Lipinski definition) is 3. The third-order valence-corrected chi connectivity index (χ3v) is 4.89. The van der Waals surface area contributed by atoms with Crippen molar-refractivity contribution >= 4 is 23.0 Å². The number of amides is 1. The van der Waals surface area contributed by atoms with Gasteiger partial charge in [-0.05, 0) is 42.5 Å². The van der Waals surface area contributed by atoms with E-state index in [-0.39, 0.29) is 35.1 Å². The summed E-state index contributed by atoms with van der Waals surface area (Å²) in [4.78, 5) is 24.9. The molecule has 9 heteroatoms. The summed E-state index contributed by atoms with van der Waals surface area (Å²) in [6, 6.07) is 11.4. The van der Waals surface area contributed by atoms with E-state index < -0.39 is 11.7 Å².